The van der Waals surface area contributed by atoms with Gasteiger partial charge in [-0.05, 0) is 60.9 Å². The van der Waals surface area contributed by atoms with Crippen LogP contribution in [0.15, 0.2) is 54.6 Å². The number of hydrogen-bond acceptors (Lipinski definition) is 3. The molecule has 1 N–H and O–H groups in total. The van der Waals surface area contributed by atoms with Crippen LogP contribution in [-0.2, 0) is 4.74 Å². The molecule has 1 aliphatic carbocycles. The minimum Gasteiger partial charge on any atom is -0.462 e. The first-order valence-corrected chi connectivity index (χ1v) is 8.67. The summed E-state index contributed by atoms with van der Waals surface area (Å²) in [7, 11) is 0. The molecule has 0 heterocycles. The van der Waals surface area contributed by atoms with Crippen molar-refractivity contribution in [3.63, 3.8) is 0 Å². The third-order valence-corrected chi connectivity index (χ3v) is 4.91. The predicted molar refractivity (Wildman–Crippen MR) is 94.0 cm³/mol. The van der Waals surface area contributed by atoms with Crippen LogP contribution in [0.3, 0.4) is 0 Å². The van der Waals surface area contributed by atoms with Crippen molar-refractivity contribution in [3.8, 4) is 0 Å². The second-order valence-corrected chi connectivity index (χ2v) is 6.84. The standard InChI is InChI=1S/C20H21ClO3/c21-18-8-4-7-16(12-18)19(22)17-10-9-14(11-17)13-24-20(23)15-5-2-1-3-6-15/h1-8,12,14,17,19,22H,9-11,13H2. The lowest BCUT2D eigenvalue weighted by atomic mass is 9.93. The first-order chi connectivity index (χ1) is 11.6. The molecule has 3 atom stereocenters. The van der Waals surface area contributed by atoms with Crippen LogP contribution >= 0.6 is 11.6 Å². The highest BCUT2D eigenvalue weighted by Crippen LogP contribution is 2.39. The first kappa shape index (κ1) is 17.0. The van der Waals surface area contributed by atoms with Gasteiger partial charge in [-0.1, -0.05) is 41.9 Å². The van der Waals surface area contributed by atoms with Gasteiger partial charge in [0.25, 0.3) is 0 Å². The maximum atomic E-state index is 12.0. The summed E-state index contributed by atoms with van der Waals surface area (Å²) in [6.45, 7) is 0.409. The smallest absolute Gasteiger partial charge is 0.338 e. The van der Waals surface area contributed by atoms with Crippen LogP contribution in [0.2, 0.25) is 5.02 Å². The molecule has 126 valence electrons. The van der Waals surface area contributed by atoms with Gasteiger partial charge in [-0.25, -0.2) is 4.79 Å². The average Bonchev–Trinajstić information content (AvgIpc) is 3.09. The molecule has 24 heavy (non-hydrogen) atoms. The Bertz CT molecular complexity index is 686. The van der Waals surface area contributed by atoms with Crippen molar-refractivity contribution >= 4 is 17.6 Å². The molecule has 1 aliphatic rings. The monoisotopic (exact) mass is 344 g/mol. The molecule has 0 saturated heterocycles. The zero-order chi connectivity index (χ0) is 16.9. The maximum Gasteiger partial charge on any atom is 0.338 e. The lowest BCUT2D eigenvalue weighted by molar-refractivity contribution is 0.0429. The van der Waals surface area contributed by atoms with E-state index in [4.69, 9.17) is 16.3 Å². The molecule has 0 spiro atoms. The molecule has 0 radical (unpaired) electrons. The Labute approximate surface area is 147 Å². The number of carbonyl (C=O) groups is 1. The van der Waals surface area contributed by atoms with Crippen molar-refractivity contribution in [2.75, 3.05) is 6.61 Å². The van der Waals surface area contributed by atoms with Crippen molar-refractivity contribution in [2.24, 2.45) is 11.8 Å². The number of aliphatic hydroxyl groups excluding tert-OH is 1. The summed E-state index contributed by atoms with van der Waals surface area (Å²) in [5, 5.41) is 11.2. The van der Waals surface area contributed by atoms with Crippen molar-refractivity contribution in [2.45, 2.75) is 25.4 Å². The number of benzene rings is 2. The van der Waals surface area contributed by atoms with Crippen molar-refractivity contribution < 1.29 is 14.6 Å². The van der Waals surface area contributed by atoms with E-state index in [9.17, 15) is 9.90 Å². The summed E-state index contributed by atoms with van der Waals surface area (Å²) in [5.74, 6) is 0.204. The second kappa shape index (κ2) is 7.82. The third kappa shape index (κ3) is 4.16. The molecule has 2 aromatic rings. The summed E-state index contributed by atoms with van der Waals surface area (Å²) < 4.78 is 5.42. The van der Waals surface area contributed by atoms with Gasteiger partial charge in [-0.15, -0.1) is 0 Å². The van der Waals surface area contributed by atoms with Crippen LogP contribution in [0.25, 0.3) is 0 Å². The van der Waals surface area contributed by atoms with E-state index in [0.29, 0.717) is 23.1 Å². The summed E-state index contributed by atoms with van der Waals surface area (Å²) in [4.78, 5) is 12.0. The molecule has 3 nitrogen and oxygen atoms in total. The van der Waals surface area contributed by atoms with Gasteiger partial charge in [0.1, 0.15) is 0 Å². The van der Waals surface area contributed by atoms with Gasteiger partial charge in [0.05, 0.1) is 18.3 Å². The van der Waals surface area contributed by atoms with E-state index in [0.717, 1.165) is 24.8 Å². The Kier molecular flexibility index (Phi) is 5.54. The molecule has 1 saturated carbocycles. The fraction of sp³-hybridized carbons (Fsp3) is 0.350. The molecule has 0 bridgehead atoms. The predicted octanol–water partition coefficient (Wildman–Crippen LogP) is 4.65. The molecule has 0 aromatic heterocycles. The molecule has 0 amide bonds. The summed E-state index contributed by atoms with van der Waals surface area (Å²) >= 11 is 6.00. The van der Waals surface area contributed by atoms with Crippen LogP contribution in [0.4, 0.5) is 0 Å². The van der Waals surface area contributed by atoms with Gasteiger partial charge in [-0.3, -0.25) is 0 Å². The van der Waals surface area contributed by atoms with E-state index < -0.39 is 6.10 Å². The number of rotatable bonds is 5. The van der Waals surface area contributed by atoms with E-state index >= 15 is 0 Å². The van der Waals surface area contributed by atoms with Gasteiger partial charge < -0.3 is 9.84 Å². The molecule has 2 aromatic carbocycles. The highest BCUT2D eigenvalue weighted by molar-refractivity contribution is 6.30. The van der Waals surface area contributed by atoms with E-state index in [1.54, 1.807) is 18.2 Å². The maximum absolute atomic E-state index is 12.0. The molecule has 1 fully saturated rings. The molecule has 0 aliphatic heterocycles. The number of carbonyl (C=O) groups excluding carboxylic acids is 1. The minimum atomic E-state index is -0.515. The zero-order valence-corrected chi connectivity index (χ0v) is 14.2. The molecule has 3 unspecified atom stereocenters. The Hall–Kier alpha value is -1.84. The third-order valence-electron chi connectivity index (χ3n) is 4.68. The number of aliphatic hydroxyl groups is 1. The van der Waals surface area contributed by atoms with Gasteiger partial charge in [0.15, 0.2) is 0 Å². The lowest BCUT2D eigenvalue weighted by Gasteiger charge is -2.19. The van der Waals surface area contributed by atoms with Gasteiger partial charge >= 0.3 is 5.97 Å². The number of halogens is 1. The number of ether oxygens (including phenoxy) is 1. The minimum absolute atomic E-state index is 0.184. The largest absolute Gasteiger partial charge is 0.462 e. The van der Waals surface area contributed by atoms with Crippen LogP contribution in [-0.4, -0.2) is 17.7 Å². The van der Waals surface area contributed by atoms with Crippen LogP contribution in [0, 0.1) is 11.8 Å². The van der Waals surface area contributed by atoms with Gasteiger partial charge in [-0.2, -0.15) is 0 Å². The normalized spacial score (nSPS) is 21.4. The average molecular weight is 345 g/mol. The van der Waals surface area contributed by atoms with Gasteiger partial charge in [0.2, 0.25) is 0 Å². The quantitative estimate of drug-likeness (QED) is 0.803. The van der Waals surface area contributed by atoms with E-state index in [1.165, 1.54) is 0 Å². The lowest BCUT2D eigenvalue weighted by Crippen LogP contribution is -2.14. The number of hydrogen-bond donors (Lipinski definition) is 1. The van der Waals surface area contributed by atoms with Crippen molar-refractivity contribution in [3.05, 3.63) is 70.7 Å². The molecule has 4 heteroatoms. The fourth-order valence-corrected chi connectivity index (χ4v) is 3.56. The fourth-order valence-electron chi connectivity index (χ4n) is 3.37. The summed E-state index contributed by atoms with van der Waals surface area (Å²) in [6.07, 6.45) is 2.24. The molecular weight excluding hydrogens is 324 g/mol. The topological polar surface area (TPSA) is 46.5 Å². The zero-order valence-electron chi connectivity index (χ0n) is 13.4. The molecular formula is C20H21ClO3. The SMILES string of the molecule is O=C(OCC1CCC(C(O)c2cccc(Cl)c2)C1)c1ccccc1. The molecule has 3 rings (SSSR count). The van der Waals surface area contributed by atoms with E-state index in [1.807, 2.05) is 36.4 Å². The number of esters is 1. The van der Waals surface area contributed by atoms with E-state index in [-0.39, 0.29) is 11.9 Å². The highest BCUT2D eigenvalue weighted by Gasteiger charge is 2.31. The van der Waals surface area contributed by atoms with Crippen LogP contribution < -0.4 is 0 Å². The van der Waals surface area contributed by atoms with Crippen molar-refractivity contribution in [1.29, 1.82) is 0 Å². The van der Waals surface area contributed by atoms with E-state index in [2.05, 4.69) is 0 Å². The Morgan fingerprint density at radius 3 is 2.71 bits per heavy atom. The second-order valence-electron chi connectivity index (χ2n) is 6.40. The van der Waals surface area contributed by atoms with Crippen molar-refractivity contribution in [1.82, 2.24) is 0 Å². The van der Waals surface area contributed by atoms with Crippen LogP contribution in [0.1, 0.15) is 41.3 Å². The van der Waals surface area contributed by atoms with Crippen LogP contribution in [0.5, 0.6) is 0 Å². The first-order valence-electron chi connectivity index (χ1n) is 8.29. The Morgan fingerprint density at radius 1 is 1.17 bits per heavy atom. The van der Waals surface area contributed by atoms with Gasteiger partial charge in [0, 0.05) is 5.02 Å². The Balaban J connectivity index is 1.51. The summed E-state index contributed by atoms with van der Waals surface area (Å²) in [5.41, 5.74) is 1.43. The Morgan fingerprint density at radius 2 is 1.96 bits per heavy atom. The highest BCUT2D eigenvalue weighted by atomic mass is 35.5. The summed E-state index contributed by atoms with van der Waals surface area (Å²) in [6, 6.07) is 16.4.